The Morgan fingerprint density at radius 1 is 0.955 bits per heavy atom. The lowest BCUT2D eigenvalue weighted by atomic mass is 10.0. The third-order valence-corrected chi connectivity index (χ3v) is 3.04. The van der Waals surface area contributed by atoms with E-state index in [1.165, 1.54) is 0 Å². The molecule has 0 atom stereocenters. The van der Waals surface area contributed by atoms with Gasteiger partial charge in [0.1, 0.15) is 0 Å². The minimum absolute atomic E-state index is 0.0288. The molecule has 0 aromatic heterocycles. The fourth-order valence-corrected chi connectivity index (χ4v) is 2.06. The first kappa shape index (κ1) is 15.6. The summed E-state index contributed by atoms with van der Waals surface area (Å²) in [6.45, 7) is 2.29. The number of carbonyl (C=O) groups is 2. The third-order valence-electron chi connectivity index (χ3n) is 3.04. The summed E-state index contributed by atoms with van der Waals surface area (Å²) in [5.41, 5.74) is 2.92. The Balaban J connectivity index is 2.02. The average Bonchev–Trinajstić information content (AvgIpc) is 2.54. The fourth-order valence-electron chi connectivity index (χ4n) is 2.06. The molecule has 0 unspecified atom stereocenters. The molecule has 5 heteroatoms. The highest BCUT2D eigenvalue weighted by molar-refractivity contribution is 5.96. The SMILES string of the molecule is CCNC(=O)NC(=O)CNc1ccccc1-c1ccccc1. The predicted octanol–water partition coefficient (Wildman–Crippen LogP) is 2.61. The number of hydrogen-bond donors (Lipinski definition) is 3. The summed E-state index contributed by atoms with van der Waals surface area (Å²) in [7, 11) is 0. The molecule has 5 nitrogen and oxygen atoms in total. The van der Waals surface area contributed by atoms with Gasteiger partial charge >= 0.3 is 6.03 Å². The molecule has 0 fully saturated rings. The molecule has 0 aliphatic carbocycles. The Bertz CT molecular complexity index is 641. The van der Waals surface area contributed by atoms with Crippen LogP contribution in [0.5, 0.6) is 0 Å². The first-order chi connectivity index (χ1) is 10.7. The topological polar surface area (TPSA) is 70.2 Å². The van der Waals surface area contributed by atoms with Gasteiger partial charge in [0.2, 0.25) is 5.91 Å². The molecule has 0 radical (unpaired) electrons. The molecule has 0 saturated carbocycles. The van der Waals surface area contributed by atoms with E-state index in [2.05, 4.69) is 16.0 Å². The molecule has 0 aliphatic rings. The van der Waals surface area contributed by atoms with Crippen molar-refractivity contribution < 1.29 is 9.59 Å². The third kappa shape index (κ3) is 4.34. The number of rotatable bonds is 5. The van der Waals surface area contributed by atoms with Gasteiger partial charge in [0, 0.05) is 17.8 Å². The predicted molar refractivity (Wildman–Crippen MR) is 87.6 cm³/mol. The second kappa shape index (κ2) is 7.83. The fraction of sp³-hybridized carbons (Fsp3) is 0.176. The highest BCUT2D eigenvalue weighted by Gasteiger charge is 2.08. The van der Waals surface area contributed by atoms with Gasteiger partial charge in [-0.05, 0) is 18.6 Å². The van der Waals surface area contributed by atoms with Crippen molar-refractivity contribution in [2.75, 3.05) is 18.4 Å². The number of imide groups is 1. The Labute approximate surface area is 129 Å². The number of amides is 3. The van der Waals surface area contributed by atoms with E-state index in [1.807, 2.05) is 54.6 Å². The minimum Gasteiger partial charge on any atom is -0.376 e. The van der Waals surface area contributed by atoms with Gasteiger partial charge in [0.25, 0.3) is 0 Å². The zero-order valence-electron chi connectivity index (χ0n) is 12.4. The van der Waals surface area contributed by atoms with Crippen molar-refractivity contribution >= 4 is 17.6 Å². The van der Waals surface area contributed by atoms with E-state index in [-0.39, 0.29) is 12.5 Å². The molecule has 114 valence electrons. The smallest absolute Gasteiger partial charge is 0.321 e. The van der Waals surface area contributed by atoms with Gasteiger partial charge in [0.05, 0.1) is 6.54 Å². The molecule has 0 spiro atoms. The van der Waals surface area contributed by atoms with Crippen LogP contribution >= 0.6 is 0 Å². The number of hydrogen-bond acceptors (Lipinski definition) is 3. The Morgan fingerprint density at radius 3 is 2.36 bits per heavy atom. The first-order valence-corrected chi connectivity index (χ1v) is 7.16. The van der Waals surface area contributed by atoms with E-state index >= 15 is 0 Å². The maximum absolute atomic E-state index is 11.7. The monoisotopic (exact) mass is 297 g/mol. The quantitative estimate of drug-likeness (QED) is 0.794. The van der Waals surface area contributed by atoms with Crippen LogP contribution in [0.25, 0.3) is 11.1 Å². The van der Waals surface area contributed by atoms with Crippen LogP contribution in [-0.2, 0) is 4.79 Å². The van der Waals surface area contributed by atoms with E-state index in [0.29, 0.717) is 6.54 Å². The van der Waals surface area contributed by atoms with Crippen molar-refractivity contribution in [3.63, 3.8) is 0 Å². The van der Waals surface area contributed by atoms with Crippen molar-refractivity contribution in [2.24, 2.45) is 0 Å². The number of benzene rings is 2. The largest absolute Gasteiger partial charge is 0.376 e. The van der Waals surface area contributed by atoms with Gasteiger partial charge in [-0.25, -0.2) is 4.79 Å². The van der Waals surface area contributed by atoms with E-state index in [4.69, 9.17) is 0 Å². The van der Waals surface area contributed by atoms with Crippen molar-refractivity contribution in [3.8, 4) is 11.1 Å². The van der Waals surface area contributed by atoms with E-state index in [1.54, 1.807) is 6.92 Å². The Kier molecular flexibility index (Phi) is 5.54. The lowest BCUT2D eigenvalue weighted by Gasteiger charge is -2.12. The van der Waals surface area contributed by atoms with E-state index < -0.39 is 6.03 Å². The lowest BCUT2D eigenvalue weighted by Crippen LogP contribution is -2.41. The van der Waals surface area contributed by atoms with Gasteiger partial charge in [-0.1, -0.05) is 48.5 Å². The summed E-state index contributed by atoms with van der Waals surface area (Å²) in [5, 5.41) is 7.84. The highest BCUT2D eigenvalue weighted by Crippen LogP contribution is 2.27. The number of anilines is 1. The van der Waals surface area contributed by atoms with E-state index in [9.17, 15) is 9.59 Å². The summed E-state index contributed by atoms with van der Waals surface area (Å²) < 4.78 is 0. The standard InChI is InChI=1S/C17H19N3O2/c1-2-18-17(22)20-16(21)12-19-15-11-7-6-10-14(15)13-8-4-3-5-9-13/h3-11,19H,2,12H2,1H3,(H2,18,20,21,22). The summed E-state index contributed by atoms with van der Waals surface area (Å²) >= 11 is 0. The second-order valence-electron chi connectivity index (χ2n) is 4.67. The average molecular weight is 297 g/mol. The summed E-state index contributed by atoms with van der Waals surface area (Å²) in [4.78, 5) is 23.0. The molecular weight excluding hydrogens is 278 g/mol. The van der Waals surface area contributed by atoms with Crippen LogP contribution in [0.3, 0.4) is 0 Å². The normalized spacial score (nSPS) is 9.86. The van der Waals surface area contributed by atoms with Gasteiger partial charge in [-0.2, -0.15) is 0 Å². The highest BCUT2D eigenvalue weighted by atomic mass is 16.2. The van der Waals surface area contributed by atoms with Crippen molar-refractivity contribution in [2.45, 2.75) is 6.92 Å². The summed E-state index contributed by atoms with van der Waals surface area (Å²) in [6, 6.07) is 17.2. The van der Waals surface area contributed by atoms with Gasteiger partial charge in [-0.15, -0.1) is 0 Å². The molecule has 3 N–H and O–H groups in total. The maximum Gasteiger partial charge on any atom is 0.321 e. The molecule has 0 aliphatic heterocycles. The molecule has 22 heavy (non-hydrogen) atoms. The van der Waals surface area contributed by atoms with Crippen LogP contribution in [0.15, 0.2) is 54.6 Å². The van der Waals surface area contributed by atoms with Crippen LogP contribution in [0.1, 0.15) is 6.92 Å². The zero-order chi connectivity index (χ0) is 15.8. The lowest BCUT2D eigenvalue weighted by molar-refractivity contribution is -0.118. The summed E-state index contributed by atoms with van der Waals surface area (Å²) in [6.07, 6.45) is 0. The molecule has 2 aromatic rings. The van der Waals surface area contributed by atoms with Crippen LogP contribution in [0.4, 0.5) is 10.5 Å². The second-order valence-corrected chi connectivity index (χ2v) is 4.67. The molecule has 3 amide bonds. The Morgan fingerprint density at radius 2 is 1.64 bits per heavy atom. The molecule has 2 aromatic carbocycles. The number of nitrogens with one attached hydrogen (secondary N) is 3. The maximum atomic E-state index is 11.7. The van der Waals surface area contributed by atoms with Gasteiger partial charge in [-0.3, -0.25) is 10.1 Å². The van der Waals surface area contributed by atoms with Crippen molar-refractivity contribution in [1.29, 1.82) is 0 Å². The van der Waals surface area contributed by atoms with Crippen LogP contribution in [0, 0.1) is 0 Å². The number of para-hydroxylation sites is 1. The first-order valence-electron chi connectivity index (χ1n) is 7.16. The van der Waals surface area contributed by atoms with Crippen LogP contribution < -0.4 is 16.0 Å². The Hall–Kier alpha value is -2.82. The minimum atomic E-state index is -0.481. The van der Waals surface area contributed by atoms with Gasteiger partial charge < -0.3 is 10.6 Å². The molecule has 0 saturated heterocycles. The zero-order valence-corrected chi connectivity index (χ0v) is 12.4. The summed E-state index contributed by atoms with van der Waals surface area (Å²) in [5.74, 6) is -0.381. The van der Waals surface area contributed by atoms with E-state index in [0.717, 1.165) is 16.8 Å². The molecule has 0 bridgehead atoms. The molecular formula is C17H19N3O2. The van der Waals surface area contributed by atoms with Crippen molar-refractivity contribution in [1.82, 2.24) is 10.6 Å². The number of urea groups is 1. The van der Waals surface area contributed by atoms with Crippen molar-refractivity contribution in [3.05, 3.63) is 54.6 Å². The van der Waals surface area contributed by atoms with Crippen LogP contribution in [0.2, 0.25) is 0 Å². The number of carbonyl (C=O) groups excluding carboxylic acids is 2. The molecule has 0 heterocycles. The molecule has 2 rings (SSSR count). The van der Waals surface area contributed by atoms with Crippen LogP contribution in [-0.4, -0.2) is 25.0 Å². The van der Waals surface area contributed by atoms with Gasteiger partial charge in [0.15, 0.2) is 0 Å².